The summed E-state index contributed by atoms with van der Waals surface area (Å²) in [7, 11) is 7.25. The number of carbonyl (C=O) groups is 1. The summed E-state index contributed by atoms with van der Waals surface area (Å²) in [6.07, 6.45) is 7.31. The van der Waals surface area contributed by atoms with Crippen molar-refractivity contribution < 1.29 is 14.3 Å². The number of ether oxygens (including phenoxy) is 2. The highest BCUT2D eigenvalue weighted by atomic mass is 32.1. The van der Waals surface area contributed by atoms with E-state index < -0.39 is 0 Å². The first-order chi connectivity index (χ1) is 19.9. The minimum absolute atomic E-state index is 0.000351. The number of amidine groups is 2. The monoisotopic (exact) mass is 573 g/mol. The third-order valence-corrected chi connectivity index (χ3v) is 7.87. The highest BCUT2D eigenvalue weighted by Crippen LogP contribution is 2.33. The zero-order chi connectivity index (χ0) is 29.2. The topological polar surface area (TPSA) is 87.9 Å². The standard InChI is InChI=1S/C32H39N5O3S/c1-6-7-8-9-10-11-16-27(38)33-22-17-18-26(40-5)24(21-22)30-32(34-28-19-20-29(41-28)37(2)3)36-31(35-30)23-14-12-13-15-25(23)39-4/h12-15,17-21H,6-11,16H2,1-5H3,(H,33,38). The highest BCUT2D eigenvalue weighted by Gasteiger charge is 2.26. The third kappa shape index (κ3) is 7.82. The van der Waals surface area contributed by atoms with Gasteiger partial charge in [0.05, 0.1) is 24.8 Å². The van der Waals surface area contributed by atoms with E-state index in [4.69, 9.17) is 24.5 Å². The quantitative estimate of drug-likeness (QED) is 0.202. The fourth-order valence-corrected chi connectivity index (χ4v) is 5.33. The lowest BCUT2D eigenvalue weighted by Crippen LogP contribution is -2.14. The zero-order valence-corrected chi connectivity index (χ0v) is 25.4. The number of amides is 1. The number of para-hydroxylation sites is 1. The van der Waals surface area contributed by atoms with Crippen molar-refractivity contribution in [1.29, 1.82) is 0 Å². The van der Waals surface area contributed by atoms with E-state index in [1.165, 1.54) is 25.7 Å². The van der Waals surface area contributed by atoms with Gasteiger partial charge in [0.25, 0.3) is 0 Å². The smallest absolute Gasteiger partial charge is 0.224 e. The molecule has 3 aromatic rings. The summed E-state index contributed by atoms with van der Waals surface area (Å²) in [5.74, 6) is 2.25. The van der Waals surface area contributed by atoms with Crippen LogP contribution < -0.4 is 19.7 Å². The molecule has 0 saturated carbocycles. The largest absolute Gasteiger partial charge is 0.496 e. The van der Waals surface area contributed by atoms with Crippen molar-refractivity contribution in [1.82, 2.24) is 0 Å². The summed E-state index contributed by atoms with van der Waals surface area (Å²) in [6.45, 7) is 2.21. The molecular weight excluding hydrogens is 534 g/mol. The van der Waals surface area contributed by atoms with Crippen LogP contribution in [0.3, 0.4) is 0 Å². The normalized spacial score (nSPS) is 13.6. The second kappa shape index (κ2) is 14.6. The molecular formula is C32H39N5O3S. The molecule has 0 atom stereocenters. The van der Waals surface area contributed by atoms with E-state index in [0.29, 0.717) is 46.6 Å². The molecule has 0 aliphatic carbocycles. The summed E-state index contributed by atoms with van der Waals surface area (Å²) in [5, 5.41) is 4.95. The van der Waals surface area contributed by atoms with E-state index in [2.05, 4.69) is 12.2 Å². The van der Waals surface area contributed by atoms with Crippen molar-refractivity contribution in [2.45, 2.75) is 51.9 Å². The van der Waals surface area contributed by atoms with Gasteiger partial charge in [-0.2, -0.15) is 0 Å². The number of hydrogen-bond donors (Lipinski definition) is 1. The van der Waals surface area contributed by atoms with Crippen molar-refractivity contribution in [2.24, 2.45) is 15.0 Å². The Morgan fingerprint density at radius 2 is 1.63 bits per heavy atom. The van der Waals surface area contributed by atoms with E-state index in [9.17, 15) is 4.79 Å². The molecule has 1 amide bonds. The van der Waals surface area contributed by atoms with Crippen LogP contribution >= 0.6 is 11.3 Å². The fourth-order valence-electron chi connectivity index (χ4n) is 4.53. The van der Waals surface area contributed by atoms with E-state index in [-0.39, 0.29) is 5.91 Å². The molecule has 2 heterocycles. The Bertz CT molecular complexity index is 1440. The first-order valence-electron chi connectivity index (χ1n) is 14.1. The molecule has 0 bridgehead atoms. The average molecular weight is 574 g/mol. The van der Waals surface area contributed by atoms with Crippen LogP contribution in [0.4, 0.5) is 15.7 Å². The van der Waals surface area contributed by atoms with Crippen molar-refractivity contribution in [3.63, 3.8) is 0 Å². The molecule has 0 radical (unpaired) electrons. The molecule has 4 rings (SSSR count). The van der Waals surface area contributed by atoms with Crippen LogP contribution in [-0.2, 0) is 4.79 Å². The Kier molecular flexibility index (Phi) is 10.7. The van der Waals surface area contributed by atoms with E-state index >= 15 is 0 Å². The van der Waals surface area contributed by atoms with Crippen LogP contribution in [0.25, 0.3) is 0 Å². The lowest BCUT2D eigenvalue weighted by molar-refractivity contribution is -0.116. The Hall–Kier alpha value is -3.98. The van der Waals surface area contributed by atoms with Gasteiger partial charge in [0.2, 0.25) is 5.91 Å². The van der Waals surface area contributed by atoms with Gasteiger partial charge in [-0.25, -0.2) is 15.0 Å². The number of carbonyl (C=O) groups excluding carboxylic acids is 1. The van der Waals surface area contributed by atoms with Crippen molar-refractivity contribution in [3.8, 4) is 11.5 Å². The van der Waals surface area contributed by atoms with Gasteiger partial charge in [0.15, 0.2) is 11.7 Å². The molecule has 0 unspecified atom stereocenters. The van der Waals surface area contributed by atoms with Crippen LogP contribution in [-0.4, -0.2) is 51.6 Å². The van der Waals surface area contributed by atoms with Gasteiger partial charge in [-0.15, -0.1) is 0 Å². The molecule has 1 aliphatic heterocycles. The molecule has 0 fully saturated rings. The first kappa shape index (κ1) is 30.0. The van der Waals surface area contributed by atoms with Crippen molar-refractivity contribution in [3.05, 3.63) is 65.7 Å². The number of nitrogens with zero attached hydrogens (tertiary/aromatic N) is 4. The molecule has 1 N–H and O–H groups in total. The van der Waals surface area contributed by atoms with Crippen LogP contribution in [0, 0.1) is 0 Å². The number of rotatable bonds is 14. The van der Waals surface area contributed by atoms with Gasteiger partial charge in [-0.3, -0.25) is 4.79 Å². The predicted molar refractivity (Wildman–Crippen MR) is 171 cm³/mol. The van der Waals surface area contributed by atoms with Gasteiger partial charge in [-0.05, 0) is 48.9 Å². The van der Waals surface area contributed by atoms with Crippen molar-refractivity contribution >= 4 is 50.3 Å². The van der Waals surface area contributed by atoms with E-state index in [1.54, 1.807) is 25.6 Å². The predicted octanol–water partition coefficient (Wildman–Crippen LogP) is 7.50. The number of aliphatic imine (C=N–C) groups is 3. The van der Waals surface area contributed by atoms with Gasteiger partial charge in [0.1, 0.15) is 22.2 Å². The van der Waals surface area contributed by atoms with Crippen LogP contribution in [0.15, 0.2) is 69.6 Å². The molecule has 8 nitrogen and oxygen atoms in total. The van der Waals surface area contributed by atoms with Gasteiger partial charge in [0, 0.05) is 31.8 Å². The number of benzene rings is 2. The molecule has 9 heteroatoms. The molecule has 216 valence electrons. The Balaban J connectivity index is 1.65. The first-order valence-corrected chi connectivity index (χ1v) is 14.9. The Morgan fingerprint density at radius 1 is 0.902 bits per heavy atom. The minimum Gasteiger partial charge on any atom is -0.496 e. The second-order valence-corrected chi connectivity index (χ2v) is 11.1. The van der Waals surface area contributed by atoms with Gasteiger partial charge in [-0.1, -0.05) is 62.5 Å². The number of anilines is 2. The number of nitrogens with one attached hydrogen (secondary N) is 1. The fraction of sp³-hybridized carbons (Fsp3) is 0.375. The second-order valence-electron chi connectivity index (χ2n) is 10.0. The SMILES string of the molecule is CCCCCCCCC(=O)Nc1ccc(OC)c(C2=NC(c3ccccc3OC)=NC2=Nc2ccc(N(C)C)s2)c1. The van der Waals surface area contributed by atoms with Crippen LogP contribution in [0.5, 0.6) is 11.5 Å². The van der Waals surface area contributed by atoms with E-state index in [0.717, 1.165) is 28.4 Å². The molecule has 2 aromatic carbocycles. The molecule has 0 spiro atoms. The summed E-state index contributed by atoms with van der Waals surface area (Å²) in [6, 6.07) is 17.2. The Labute approximate surface area is 246 Å². The van der Waals surface area contributed by atoms with Crippen LogP contribution in [0.1, 0.15) is 63.0 Å². The van der Waals surface area contributed by atoms with E-state index in [1.807, 2.05) is 73.6 Å². The lowest BCUT2D eigenvalue weighted by Gasteiger charge is -2.12. The van der Waals surface area contributed by atoms with Gasteiger partial charge >= 0.3 is 0 Å². The number of unbranched alkanes of at least 4 members (excludes halogenated alkanes) is 5. The average Bonchev–Trinajstić information content (AvgIpc) is 3.62. The summed E-state index contributed by atoms with van der Waals surface area (Å²) in [5.41, 5.74) is 2.70. The van der Waals surface area contributed by atoms with Crippen LogP contribution in [0.2, 0.25) is 0 Å². The lowest BCUT2D eigenvalue weighted by atomic mass is 10.1. The number of thiophene rings is 1. The Morgan fingerprint density at radius 3 is 2.37 bits per heavy atom. The van der Waals surface area contributed by atoms with Gasteiger partial charge < -0.3 is 19.7 Å². The molecule has 1 aliphatic rings. The summed E-state index contributed by atoms with van der Waals surface area (Å²) < 4.78 is 11.3. The number of hydrogen-bond acceptors (Lipinski definition) is 7. The zero-order valence-electron chi connectivity index (χ0n) is 24.6. The third-order valence-electron chi connectivity index (χ3n) is 6.72. The maximum atomic E-state index is 12.7. The van der Waals surface area contributed by atoms with Crippen molar-refractivity contribution in [2.75, 3.05) is 38.5 Å². The minimum atomic E-state index is -0.000351. The highest BCUT2D eigenvalue weighted by molar-refractivity contribution is 7.19. The summed E-state index contributed by atoms with van der Waals surface area (Å²) >= 11 is 1.57. The summed E-state index contributed by atoms with van der Waals surface area (Å²) in [4.78, 5) is 29.4. The maximum absolute atomic E-state index is 12.7. The molecule has 41 heavy (non-hydrogen) atoms. The maximum Gasteiger partial charge on any atom is 0.224 e. The number of methoxy groups -OCH3 is 2. The molecule has 0 saturated heterocycles. The molecule has 1 aromatic heterocycles.